The third-order valence-electron chi connectivity index (χ3n) is 25.3. The summed E-state index contributed by atoms with van der Waals surface area (Å²) < 4.78 is 23.6. The molecule has 592 valence electrons. The number of aromatic nitrogens is 2. The van der Waals surface area contributed by atoms with Crippen molar-refractivity contribution in [1.29, 1.82) is 0 Å². The average molecular weight is 1650 g/mol. The second kappa shape index (κ2) is 29.3. The lowest BCUT2D eigenvalue weighted by molar-refractivity contribution is 0.668. The van der Waals surface area contributed by atoms with E-state index in [0.29, 0.717) is 0 Å². The number of halogens is 2. The molecule has 0 aliphatic carbocycles. The quantitative estimate of drug-likeness (QED) is 0.139. The van der Waals surface area contributed by atoms with Gasteiger partial charge in [0.1, 0.15) is 33.5 Å². The fraction of sp³-hybridized carbons (Fsp3) is 0. The Kier molecular flexibility index (Phi) is 16.9. The Morgan fingerprint density at radius 1 is 0.198 bits per heavy atom. The fourth-order valence-corrected chi connectivity index (χ4v) is 20.0. The molecule has 0 fully saturated rings. The summed E-state index contributed by atoms with van der Waals surface area (Å²) in [5, 5.41) is 26.4. The second-order valence-corrected chi connectivity index (χ2v) is 33.4. The van der Waals surface area contributed by atoms with Crippen molar-refractivity contribution in [2.75, 3.05) is 15.1 Å². The van der Waals surface area contributed by atoms with Crippen molar-refractivity contribution >= 4 is 232 Å². The van der Waals surface area contributed by atoms with Gasteiger partial charge in [-0.1, -0.05) is 266 Å². The third-order valence-corrected chi connectivity index (χ3v) is 25.7. The Bertz CT molecular complexity index is 8990. The van der Waals surface area contributed by atoms with Crippen molar-refractivity contribution in [1.82, 2.24) is 8.80 Å². The van der Waals surface area contributed by atoms with Crippen molar-refractivity contribution < 1.29 is 13.3 Å². The number of furan rings is 3. The maximum absolute atomic E-state index is 6.53. The molecule has 0 amide bonds. The number of benzene rings is 20. The van der Waals surface area contributed by atoms with Crippen molar-refractivity contribution in [3.05, 3.63) is 435 Å². The van der Waals surface area contributed by atoms with Crippen molar-refractivity contribution in [2.24, 2.45) is 0 Å². The average Bonchev–Trinajstić information content (AvgIpc) is 1.55. The zero-order valence-electron chi connectivity index (χ0n) is 67.7. The molecule has 8 nitrogen and oxygen atoms in total. The molecule has 27 aromatic rings. The smallest absolute Gasteiger partial charge is 0.137 e. The minimum Gasteiger partial charge on any atom is -0.456 e. The van der Waals surface area contributed by atoms with Crippen LogP contribution in [0.25, 0.3) is 197 Å². The molecule has 10 heteroatoms. The first-order valence-corrected chi connectivity index (χ1v) is 43.2. The minimum atomic E-state index is 0.755. The summed E-state index contributed by atoms with van der Waals surface area (Å²) in [6.07, 6.45) is 0. The Morgan fingerprint density at radius 3 is 1.14 bits per heavy atom. The molecule has 7 heterocycles. The molecule has 0 unspecified atom stereocenters. The normalized spacial score (nSPS) is 11.9. The van der Waals surface area contributed by atoms with E-state index in [0.717, 1.165) is 144 Å². The second-order valence-electron chi connectivity index (χ2n) is 32.6. The van der Waals surface area contributed by atoms with Gasteiger partial charge in [-0.2, -0.15) is 0 Å². The van der Waals surface area contributed by atoms with Gasteiger partial charge in [0.05, 0.1) is 33.1 Å². The van der Waals surface area contributed by atoms with Crippen LogP contribution >= 0.6 is 23.2 Å². The van der Waals surface area contributed by atoms with E-state index in [1.807, 2.05) is 66.7 Å². The van der Waals surface area contributed by atoms with E-state index in [-0.39, 0.29) is 0 Å². The van der Waals surface area contributed by atoms with Crippen molar-refractivity contribution in [3.8, 4) is 33.4 Å². The van der Waals surface area contributed by atoms with Crippen LogP contribution in [0.5, 0.6) is 0 Å². The minimum absolute atomic E-state index is 0.755. The largest absolute Gasteiger partial charge is 0.456 e. The number of fused-ring (bicyclic) bond motifs is 25. The molecule has 0 saturated heterocycles. The van der Waals surface area contributed by atoms with E-state index in [1.165, 1.54) is 109 Å². The molecular formula is C116H71Cl2N5O3. The third kappa shape index (κ3) is 12.0. The number of para-hydroxylation sites is 5. The molecule has 126 heavy (non-hydrogen) atoms. The highest BCUT2D eigenvalue weighted by Crippen LogP contribution is 2.51. The Hall–Kier alpha value is -16.1. The van der Waals surface area contributed by atoms with Crippen LogP contribution in [0.1, 0.15) is 0 Å². The van der Waals surface area contributed by atoms with Crippen LogP contribution in [0.3, 0.4) is 0 Å². The van der Waals surface area contributed by atoms with E-state index in [4.69, 9.17) is 36.5 Å². The zero-order chi connectivity index (χ0) is 83.2. The van der Waals surface area contributed by atoms with Crippen LogP contribution in [-0.4, -0.2) is 8.80 Å². The zero-order valence-corrected chi connectivity index (χ0v) is 69.2. The first-order chi connectivity index (χ1) is 62.2. The van der Waals surface area contributed by atoms with Crippen LogP contribution in [0.4, 0.5) is 45.5 Å². The first-order valence-electron chi connectivity index (χ1n) is 42.4. The Labute approximate surface area is 732 Å². The number of nitrogens with zero attached hydrogens (tertiary/aromatic N) is 4. The molecule has 27 rings (SSSR count). The lowest BCUT2D eigenvalue weighted by Gasteiger charge is -2.26. The molecule has 0 aliphatic rings. The molecule has 0 atom stereocenters. The molecule has 20 aromatic carbocycles. The van der Waals surface area contributed by atoms with Gasteiger partial charge in [0.2, 0.25) is 0 Å². The van der Waals surface area contributed by atoms with E-state index in [1.54, 1.807) is 0 Å². The number of nitrogens with one attached hydrogen (secondary N) is 1. The van der Waals surface area contributed by atoms with Crippen LogP contribution in [0.2, 0.25) is 10.0 Å². The van der Waals surface area contributed by atoms with Crippen LogP contribution in [-0.2, 0) is 0 Å². The molecule has 0 spiro atoms. The topological polar surface area (TPSA) is 66.8 Å². The molecule has 0 bridgehead atoms. The highest BCUT2D eigenvalue weighted by molar-refractivity contribution is 6.37. The highest BCUT2D eigenvalue weighted by Gasteiger charge is 2.27. The number of anilines is 8. The van der Waals surface area contributed by atoms with Crippen molar-refractivity contribution in [3.63, 3.8) is 0 Å². The fourth-order valence-electron chi connectivity index (χ4n) is 19.7. The molecule has 1 N–H and O–H groups in total. The summed E-state index contributed by atoms with van der Waals surface area (Å²) >= 11 is 12.6. The summed E-state index contributed by atoms with van der Waals surface area (Å²) in [5.74, 6) is 0. The van der Waals surface area contributed by atoms with Gasteiger partial charge in [0, 0.05) is 137 Å². The van der Waals surface area contributed by atoms with Gasteiger partial charge in [-0.3, -0.25) is 0 Å². The summed E-state index contributed by atoms with van der Waals surface area (Å²) in [4.78, 5) is 4.77. The summed E-state index contributed by atoms with van der Waals surface area (Å²) in [6, 6.07) is 150. The van der Waals surface area contributed by atoms with Gasteiger partial charge < -0.3 is 37.2 Å². The van der Waals surface area contributed by atoms with E-state index in [2.05, 4.69) is 382 Å². The molecule has 0 saturated carbocycles. The van der Waals surface area contributed by atoms with Crippen molar-refractivity contribution in [2.45, 2.75) is 0 Å². The standard InChI is InChI=1S/C70H43N3O2.C24H17NO.C22H11Cl2N/c1-3-15-44(16-4-1)46-19-13-21-49(37-46)71(52-33-36-67-61(41-52)57-24-9-12-28-66(57)74-67)53-31-34-55-62-39-48-29-30-51(40-60(48)69-59-25-7-10-26-63(59)73(70(62)69)64(55)42-53)72(50-22-14-20-47(38-50)45-17-5-2-6-18-45)54-32-35-58-56-23-8-11-27-65(56)75-68(58)43-54;1-2-7-17(8-3-1)18-9-6-10-19(15-18)25-20-13-14-24-22(16-20)21-11-4-5-12-23(21)26-24;23-13-6-5-12-9-18-15-8-7-14(24)11-20(15)25-19-4-2-1-3-16(19)21(22(18)25)17(12)10-13/h1-43H;1-16,25H;1-11H. The van der Waals surface area contributed by atoms with Gasteiger partial charge in [-0.15, -0.1) is 0 Å². The molecule has 0 aliphatic heterocycles. The van der Waals surface area contributed by atoms with Gasteiger partial charge in [-0.25, -0.2) is 0 Å². The SMILES string of the molecule is Clc1ccc2cc3c4ccc(Cl)cc4n4c5ccccc5c(c2c1)c34.c1ccc(-c2cccc(N(c3ccc4c(c3)oc3ccccc34)c3ccc4cc5c6ccc(N(c7cccc(-c8ccccc8)c7)c7ccc8oc9ccccc9c8c7)cc6n6c7ccccc7c(c4c3)c56)c2)cc1.c1ccc(-c2cccc(Nc3ccc4oc5ccccc5c4c3)c2)cc1. The van der Waals surface area contributed by atoms with E-state index in [9.17, 15) is 0 Å². The summed E-state index contributed by atoms with van der Waals surface area (Å²) in [7, 11) is 0. The molecule has 0 radical (unpaired) electrons. The number of hydrogen-bond donors (Lipinski definition) is 1. The predicted octanol–water partition coefficient (Wildman–Crippen LogP) is 34.4. The number of hydrogen-bond acceptors (Lipinski definition) is 6. The van der Waals surface area contributed by atoms with Gasteiger partial charge in [0.15, 0.2) is 0 Å². The van der Waals surface area contributed by atoms with E-state index >= 15 is 0 Å². The monoisotopic (exact) mass is 1650 g/mol. The summed E-state index contributed by atoms with van der Waals surface area (Å²) in [6.45, 7) is 0. The van der Waals surface area contributed by atoms with Gasteiger partial charge >= 0.3 is 0 Å². The molecule has 7 aromatic heterocycles. The maximum Gasteiger partial charge on any atom is 0.137 e. The van der Waals surface area contributed by atoms with Gasteiger partial charge in [0.25, 0.3) is 0 Å². The first kappa shape index (κ1) is 72.7. The number of rotatable bonds is 11. The Morgan fingerprint density at radius 2 is 0.563 bits per heavy atom. The van der Waals surface area contributed by atoms with Gasteiger partial charge in [-0.05, 0) is 231 Å². The Balaban J connectivity index is 0.000000136. The predicted molar refractivity (Wildman–Crippen MR) is 531 cm³/mol. The van der Waals surface area contributed by atoms with Crippen LogP contribution in [0.15, 0.2) is 438 Å². The van der Waals surface area contributed by atoms with Crippen LogP contribution in [0, 0.1) is 0 Å². The van der Waals surface area contributed by atoms with E-state index < -0.39 is 0 Å². The lowest BCUT2D eigenvalue weighted by Crippen LogP contribution is -2.10. The molecular weight excluding hydrogens is 1580 g/mol. The summed E-state index contributed by atoms with van der Waals surface area (Å²) in [5.41, 5.74) is 28.0. The van der Waals surface area contributed by atoms with Crippen LogP contribution < -0.4 is 15.1 Å². The lowest BCUT2D eigenvalue weighted by atomic mass is 9.98. The highest BCUT2D eigenvalue weighted by atomic mass is 35.5. The maximum atomic E-state index is 6.53.